The smallest absolute Gasteiger partial charge is 0.143 e. The van der Waals surface area contributed by atoms with Crippen molar-refractivity contribution in [3.05, 3.63) is 163 Å². The molecule has 1 aliphatic rings. The van der Waals surface area contributed by atoms with Gasteiger partial charge in [-0.1, -0.05) is 121 Å². The van der Waals surface area contributed by atoms with Crippen LogP contribution >= 0.6 is 11.3 Å². The van der Waals surface area contributed by atoms with Crippen LogP contribution in [0.3, 0.4) is 0 Å². The molecule has 11 rings (SSSR count). The predicted molar refractivity (Wildman–Crippen MR) is 216 cm³/mol. The summed E-state index contributed by atoms with van der Waals surface area (Å²) in [6, 6.07) is 51.7. The van der Waals surface area contributed by atoms with Gasteiger partial charge in [0.1, 0.15) is 11.2 Å². The molecule has 0 unspecified atom stereocenters. The van der Waals surface area contributed by atoms with Crippen LogP contribution in [0, 0.1) is 0 Å². The summed E-state index contributed by atoms with van der Waals surface area (Å²) in [5.41, 5.74) is 9.73. The van der Waals surface area contributed by atoms with Gasteiger partial charge < -0.3 is 4.42 Å². The fourth-order valence-electron chi connectivity index (χ4n) is 8.38. The molecule has 1 nitrogen and oxygen atoms in total. The monoisotopic (exact) mass is 654 g/mol. The Morgan fingerprint density at radius 1 is 0.460 bits per heavy atom. The third kappa shape index (κ3) is 4.12. The van der Waals surface area contributed by atoms with Crippen molar-refractivity contribution in [2.75, 3.05) is 0 Å². The molecule has 2 heterocycles. The molecule has 0 radical (unpaired) electrons. The highest BCUT2D eigenvalue weighted by molar-refractivity contribution is 7.25. The van der Waals surface area contributed by atoms with Gasteiger partial charge >= 0.3 is 0 Å². The van der Waals surface area contributed by atoms with Gasteiger partial charge in [-0.2, -0.15) is 0 Å². The number of hydrogen-bond acceptors (Lipinski definition) is 2. The van der Waals surface area contributed by atoms with E-state index in [4.69, 9.17) is 4.42 Å². The number of hydrogen-bond donors (Lipinski definition) is 0. The van der Waals surface area contributed by atoms with Crippen molar-refractivity contribution in [3.63, 3.8) is 0 Å². The van der Waals surface area contributed by atoms with Crippen LogP contribution in [0.25, 0.3) is 102 Å². The highest BCUT2D eigenvalue weighted by atomic mass is 32.1. The molecule has 8 aromatic carbocycles. The SMILES string of the molecule is C1=CCCC(c2ccc(-c3c4ccccc4c(-c4ccc5sc6cc7c(ccc8c9ccccc9oc78)cc6c5c4)c4ccccc34)cc2)=C1. The average molecular weight is 655 g/mol. The molecule has 2 aromatic heterocycles. The van der Waals surface area contributed by atoms with Crippen LogP contribution in [-0.4, -0.2) is 0 Å². The van der Waals surface area contributed by atoms with E-state index >= 15 is 0 Å². The normalized spacial score (nSPS) is 13.5. The number of para-hydroxylation sites is 1. The predicted octanol–water partition coefficient (Wildman–Crippen LogP) is 14.5. The lowest BCUT2D eigenvalue weighted by Crippen LogP contribution is -1.92. The van der Waals surface area contributed by atoms with Gasteiger partial charge in [-0.25, -0.2) is 0 Å². The molecule has 0 atom stereocenters. The van der Waals surface area contributed by atoms with E-state index in [2.05, 4.69) is 152 Å². The van der Waals surface area contributed by atoms with E-state index < -0.39 is 0 Å². The number of thiophene rings is 1. The number of fused-ring (bicyclic) bond motifs is 10. The second-order valence-electron chi connectivity index (χ2n) is 13.5. The number of benzene rings is 8. The van der Waals surface area contributed by atoms with Crippen molar-refractivity contribution in [1.29, 1.82) is 0 Å². The Labute approximate surface area is 293 Å². The molecule has 0 bridgehead atoms. The molecule has 0 saturated heterocycles. The Hall–Kier alpha value is -5.96. The first-order valence-electron chi connectivity index (χ1n) is 17.4. The van der Waals surface area contributed by atoms with Gasteiger partial charge in [-0.15, -0.1) is 11.3 Å². The van der Waals surface area contributed by atoms with Crippen molar-refractivity contribution in [2.45, 2.75) is 12.8 Å². The summed E-state index contributed by atoms with van der Waals surface area (Å²) in [6.45, 7) is 0. The minimum atomic E-state index is 0.938. The molecule has 2 heteroatoms. The molecular weight excluding hydrogens is 625 g/mol. The maximum absolute atomic E-state index is 6.42. The van der Waals surface area contributed by atoms with Gasteiger partial charge in [-0.05, 0) is 110 Å². The minimum Gasteiger partial charge on any atom is -0.455 e. The lowest BCUT2D eigenvalue weighted by Gasteiger charge is -2.18. The van der Waals surface area contributed by atoms with Crippen LogP contribution in [0.4, 0.5) is 0 Å². The van der Waals surface area contributed by atoms with Crippen molar-refractivity contribution < 1.29 is 4.42 Å². The van der Waals surface area contributed by atoms with Gasteiger partial charge in [0.15, 0.2) is 0 Å². The summed E-state index contributed by atoms with van der Waals surface area (Å²) < 4.78 is 9.01. The van der Waals surface area contributed by atoms with Crippen molar-refractivity contribution >= 4 is 91.3 Å². The third-order valence-corrected chi connectivity index (χ3v) is 11.9. The highest BCUT2D eigenvalue weighted by Gasteiger charge is 2.19. The molecule has 0 fully saturated rings. The third-order valence-electron chi connectivity index (χ3n) is 10.7. The largest absolute Gasteiger partial charge is 0.455 e. The van der Waals surface area contributed by atoms with Crippen molar-refractivity contribution in [3.8, 4) is 22.3 Å². The van der Waals surface area contributed by atoms with Crippen LogP contribution in [0.1, 0.15) is 18.4 Å². The summed E-state index contributed by atoms with van der Waals surface area (Å²) in [5, 5.41) is 12.4. The first-order valence-corrected chi connectivity index (χ1v) is 18.2. The first-order chi connectivity index (χ1) is 24.8. The van der Waals surface area contributed by atoms with Crippen LogP contribution in [-0.2, 0) is 0 Å². The minimum absolute atomic E-state index is 0.938. The molecule has 0 spiro atoms. The van der Waals surface area contributed by atoms with Crippen molar-refractivity contribution in [1.82, 2.24) is 0 Å². The summed E-state index contributed by atoms with van der Waals surface area (Å²) in [7, 11) is 0. The maximum atomic E-state index is 6.42. The lowest BCUT2D eigenvalue weighted by molar-refractivity contribution is 0.673. The van der Waals surface area contributed by atoms with E-state index in [1.54, 1.807) is 0 Å². The van der Waals surface area contributed by atoms with Crippen LogP contribution in [0.5, 0.6) is 0 Å². The van der Waals surface area contributed by atoms with Gasteiger partial charge in [0.2, 0.25) is 0 Å². The Morgan fingerprint density at radius 3 is 1.82 bits per heavy atom. The molecule has 0 amide bonds. The number of furan rings is 1. The maximum Gasteiger partial charge on any atom is 0.143 e. The zero-order chi connectivity index (χ0) is 32.8. The number of allylic oxidation sites excluding steroid dienone is 4. The summed E-state index contributed by atoms with van der Waals surface area (Å²) in [5.74, 6) is 0. The molecule has 0 aliphatic heterocycles. The lowest BCUT2D eigenvalue weighted by atomic mass is 9.85. The Morgan fingerprint density at radius 2 is 1.10 bits per heavy atom. The van der Waals surface area contributed by atoms with Crippen LogP contribution in [0.2, 0.25) is 0 Å². The van der Waals surface area contributed by atoms with E-state index in [-0.39, 0.29) is 0 Å². The number of rotatable bonds is 3. The average Bonchev–Trinajstić information content (AvgIpc) is 3.74. The van der Waals surface area contributed by atoms with Gasteiger partial charge in [-0.3, -0.25) is 0 Å². The van der Waals surface area contributed by atoms with Crippen molar-refractivity contribution in [2.24, 2.45) is 0 Å². The summed E-state index contributed by atoms with van der Waals surface area (Å²) in [6.07, 6.45) is 8.90. The topological polar surface area (TPSA) is 13.1 Å². The van der Waals surface area contributed by atoms with E-state index in [0.717, 1.165) is 24.0 Å². The standard InChI is InChI=1S/C48H30OS/c1-2-10-29(11-3-1)30-18-20-31(21-19-30)46-35-13-4-6-15-37(35)47(38-16-7-5-14-36(38)46)33-23-25-44-41(27-33)42-26-32-22-24-39-34-12-8-9-17-43(34)49-48(39)40(32)28-45(42)50-44/h1-2,4-10,12-28H,3,11H2. The quantitative estimate of drug-likeness (QED) is 0.173. The second-order valence-corrected chi connectivity index (χ2v) is 14.6. The fraction of sp³-hybridized carbons (Fsp3) is 0.0417. The zero-order valence-corrected chi connectivity index (χ0v) is 28.1. The Kier molecular flexibility index (Phi) is 6.02. The molecule has 0 N–H and O–H groups in total. The molecule has 234 valence electrons. The van der Waals surface area contributed by atoms with Crippen LogP contribution < -0.4 is 0 Å². The molecular formula is C48H30OS. The summed E-state index contributed by atoms with van der Waals surface area (Å²) >= 11 is 1.86. The molecule has 50 heavy (non-hydrogen) atoms. The van der Waals surface area contributed by atoms with E-state index in [1.165, 1.54) is 96.7 Å². The van der Waals surface area contributed by atoms with E-state index in [9.17, 15) is 0 Å². The Balaban J connectivity index is 1.12. The first kappa shape index (κ1) is 27.9. The van der Waals surface area contributed by atoms with E-state index in [0.29, 0.717) is 0 Å². The zero-order valence-electron chi connectivity index (χ0n) is 27.2. The van der Waals surface area contributed by atoms with Gasteiger partial charge in [0.05, 0.1) is 0 Å². The highest BCUT2D eigenvalue weighted by Crippen LogP contribution is 2.46. The van der Waals surface area contributed by atoms with E-state index in [1.807, 2.05) is 17.4 Å². The second kappa shape index (κ2) is 10.8. The molecule has 0 saturated carbocycles. The van der Waals surface area contributed by atoms with Gasteiger partial charge in [0, 0.05) is 36.3 Å². The van der Waals surface area contributed by atoms with Crippen LogP contribution in [0.15, 0.2) is 162 Å². The molecule has 10 aromatic rings. The Bertz CT molecular complexity index is 3020. The molecule has 1 aliphatic carbocycles. The fourth-order valence-corrected chi connectivity index (χ4v) is 9.49. The summed E-state index contributed by atoms with van der Waals surface area (Å²) in [4.78, 5) is 0. The van der Waals surface area contributed by atoms with Gasteiger partial charge in [0.25, 0.3) is 0 Å².